The van der Waals surface area contributed by atoms with Crippen LogP contribution in [0, 0.1) is 0 Å². The van der Waals surface area contributed by atoms with Crippen molar-refractivity contribution in [3.8, 4) is 0 Å². The summed E-state index contributed by atoms with van der Waals surface area (Å²) in [5.74, 6) is 0. The fourth-order valence-corrected chi connectivity index (χ4v) is 1.66. The van der Waals surface area contributed by atoms with E-state index in [0.29, 0.717) is 0 Å². The van der Waals surface area contributed by atoms with Gasteiger partial charge in [0.2, 0.25) is 0 Å². The van der Waals surface area contributed by atoms with Gasteiger partial charge in [-0.05, 0) is 27.7 Å². The van der Waals surface area contributed by atoms with Crippen LogP contribution in [0.4, 0.5) is 0 Å². The summed E-state index contributed by atoms with van der Waals surface area (Å²) in [5, 5.41) is 0. The van der Waals surface area contributed by atoms with Gasteiger partial charge in [0.25, 0.3) is 0 Å². The molecule has 0 aromatic carbocycles. The highest BCUT2D eigenvalue weighted by atomic mass is 16.7. The third-order valence-corrected chi connectivity index (χ3v) is 3.42. The second kappa shape index (κ2) is 3.46. The summed E-state index contributed by atoms with van der Waals surface area (Å²) in [7, 11) is -0.264. The van der Waals surface area contributed by atoms with Gasteiger partial charge in [-0.15, -0.1) is 0 Å². The van der Waals surface area contributed by atoms with Gasteiger partial charge >= 0.3 is 7.12 Å². The molecule has 82 valence electrons. The zero-order valence-corrected chi connectivity index (χ0v) is 9.91. The number of dihydropyridines is 1. The van der Waals surface area contributed by atoms with Gasteiger partial charge in [0.1, 0.15) is 0 Å². The van der Waals surface area contributed by atoms with E-state index in [1.165, 1.54) is 0 Å². The molecule has 0 radical (unpaired) electrons. The zero-order valence-electron chi connectivity index (χ0n) is 9.91. The maximum atomic E-state index is 5.92. The molecule has 2 heterocycles. The second-order valence-corrected chi connectivity index (χ2v) is 5.10. The normalized spacial score (nSPS) is 28.0. The smallest absolute Gasteiger partial charge is 0.399 e. The van der Waals surface area contributed by atoms with E-state index in [2.05, 4.69) is 44.8 Å². The minimum absolute atomic E-state index is 0.263. The van der Waals surface area contributed by atoms with Crippen molar-refractivity contribution < 1.29 is 9.31 Å². The van der Waals surface area contributed by atoms with Crippen LogP contribution in [0.1, 0.15) is 34.1 Å². The summed E-state index contributed by atoms with van der Waals surface area (Å²) in [6, 6.07) is 0. The number of allylic oxidation sites excluding steroid dienone is 1. The molecule has 0 atom stereocenters. The molecule has 0 N–H and O–H groups in total. The molecule has 0 saturated carbocycles. The summed E-state index contributed by atoms with van der Waals surface area (Å²) < 4.78 is 11.8. The van der Waals surface area contributed by atoms with Crippen molar-refractivity contribution in [3.63, 3.8) is 0 Å². The lowest BCUT2D eigenvalue weighted by atomic mass is 9.79. The SMILES string of the molecule is CC1(C)OB(C2=NCC=CC2)OC1(C)C. The van der Waals surface area contributed by atoms with Gasteiger partial charge in [-0.1, -0.05) is 12.2 Å². The van der Waals surface area contributed by atoms with Crippen LogP contribution in [0.3, 0.4) is 0 Å². The Labute approximate surface area is 91.7 Å². The van der Waals surface area contributed by atoms with Gasteiger partial charge in [0.05, 0.1) is 17.7 Å². The van der Waals surface area contributed by atoms with Crippen LogP contribution in [-0.2, 0) is 9.31 Å². The standard InChI is InChI=1S/C11H18BNO2/c1-10(2)11(3,4)15-12(14-10)9-7-5-6-8-13-9/h5-6H,7-8H2,1-4H3. The fourth-order valence-electron chi connectivity index (χ4n) is 1.66. The van der Waals surface area contributed by atoms with E-state index in [-0.39, 0.29) is 18.3 Å². The maximum Gasteiger partial charge on any atom is 0.509 e. The number of aliphatic imine (C=N–C) groups is 1. The Morgan fingerprint density at radius 1 is 1.13 bits per heavy atom. The van der Waals surface area contributed by atoms with Crippen LogP contribution in [0.15, 0.2) is 17.1 Å². The van der Waals surface area contributed by atoms with E-state index in [0.717, 1.165) is 18.6 Å². The average molecular weight is 207 g/mol. The Bertz CT molecular complexity index is 305. The Morgan fingerprint density at radius 3 is 2.20 bits per heavy atom. The van der Waals surface area contributed by atoms with Gasteiger partial charge in [-0.3, -0.25) is 4.99 Å². The molecule has 0 aromatic rings. The highest BCUT2D eigenvalue weighted by Crippen LogP contribution is 2.37. The number of hydrogen-bond donors (Lipinski definition) is 0. The van der Waals surface area contributed by atoms with Crippen molar-refractivity contribution in [3.05, 3.63) is 12.2 Å². The first-order valence-electron chi connectivity index (χ1n) is 5.46. The largest absolute Gasteiger partial charge is 0.509 e. The van der Waals surface area contributed by atoms with Gasteiger partial charge in [0, 0.05) is 12.0 Å². The van der Waals surface area contributed by atoms with Crippen LogP contribution in [-0.4, -0.2) is 30.5 Å². The molecule has 0 unspecified atom stereocenters. The molecule has 2 aliphatic rings. The number of hydrogen-bond acceptors (Lipinski definition) is 3. The number of nitrogens with zero attached hydrogens (tertiary/aromatic N) is 1. The molecular weight excluding hydrogens is 189 g/mol. The van der Waals surface area contributed by atoms with Crippen molar-refractivity contribution in [2.45, 2.75) is 45.3 Å². The zero-order chi connectivity index (χ0) is 11.1. The minimum atomic E-state index is -0.264. The van der Waals surface area contributed by atoms with Crippen molar-refractivity contribution in [1.29, 1.82) is 0 Å². The molecule has 3 nitrogen and oxygen atoms in total. The van der Waals surface area contributed by atoms with Crippen molar-refractivity contribution in [2.75, 3.05) is 6.54 Å². The Morgan fingerprint density at radius 2 is 1.73 bits per heavy atom. The van der Waals surface area contributed by atoms with Crippen LogP contribution in [0.25, 0.3) is 0 Å². The molecule has 4 heteroatoms. The van der Waals surface area contributed by atoms with E-state index in [9.17, 15) is 0 Å². The molecule has 1 fully saturated rings. The lowest BCUT2D eigenvalue weighted by molar-refractivity contribution is 0.00578. The van der Waals surface area contributed by atoms with Gasteiger partial charge in [0.15, 0.2) is 0 Å². The van der Waals surface area contributed by atoms with E-state index < -0.39 is 0 Å². The molecule has 0 bridgehead atoms. The van der Waals surface area contributed by atoms with Crippen molar-refractivity contribution in [1.82, 2.24) is 0 Å². The first-order chi connectivity index (χ1) is 6.92. The molecule has 0 aromatic heterocycles. The molecule has 2 rings (SSSR count). The lowest BCUT2D eigenvalue weighted by Gasteiger charge is -2.32. The molecule has 2 aliphatic heterocycles. The predicted octanol–water partition coefficient (Wildman–Crippen LogP) is 2.02. The van der Waals surface area contributed by atoms with Crippen LogP contribution in [0.2, 0.25) is 0 Å². The second-order valence-electron chi connectivity index (χ2n) is 5.10. The van der Waals surface area contributed by atoms with E-state index >= 15 is 0 Å². The van der Waals surface area contributed by atoms with Gasteiger partial charge < -0.3 is 9.31 Å². The lowest BCUT2D eigenvalue weighted by Crippen LogP contribution is -2.41. The summed E-state index contributed by atoms with van der Waals surface area (Å²) in [6.45, 7) is 9.00. The van der Waals surface area contributed by atoms with Crippen LogP contribution < -0.4 is 0 Å². The molecular formula is C11H18BNO2. The Balaban J connectivity index is 2.12. The third-order valence-electron chi connectivity index (χ3n) is 3.42. The van der Waals surface area contributed by atoms with Crippen LogP contribution >= 0.6 is 0 Å². The van der Waals surface area contributed by atoms with E-state index in [1.807, 2.05) is 0 Å². The number of rotatable bonds is 1. The molecule has 0 aliphatic carbocycles. The summed E-state index contributed by atoms with van der Waals surface area (Å²) in [4.78, 5) is 4.42. The monoisotopic (exact) mass is 207 g/mol. The van der Waals surface area contributed by atoms with Gasteiger partial charge in [-0.25, -0.2) is 0 Å². The fraction of sp³-hybridized carbons (Fsp3) is 0.727. The molecule has 0 amide bonds. The first kappa shape index (κ1) is 10.9. The molecule has 15 heavy (non-hydrogen) atoms. The average Bonchev–Trinajstić information content (AvgIpc) is 2.38. The highest BCUT2D eigenvalue weighted by molar-refractivity contribution is 6.82. The van der Waals surface area contributed by atoms with Gasteiger partial charge in [-0.2, -0.15) is 0 Å². The van der Waals surface area contributed by atoms with Crippen molar-refractivity contribution in [2.24, 2.45) is 4.99 Å². The molecule has 0 spiro atoms. The predicted molar refractivity (Wildman–Crippen MR) is 62.1 cm³/mol. The topological polar surface area (TPSA) is 30.8 Å². The van der Waals surface area contributed by atoms with E-state index in [1.54, 1.807) is 0 Å². The maximum absolute atomic E-state index is 5.92. The summed E-state index contributed by atoms with van der Waals surface area (Å²) in [6.07, 6.45) is 5.03. The third kappa shape index (κ3) is 1.88. The minimum Gasteiger partial charge on any atom is -0.399 e. The highest BCUT2D eigenvalue weighted by Gasteiger charge is 2.52. The van der Waals surface area contributed by atoms with Crippen molar-refractivity contribution >= 4 is 12.7 Å². The quantitative estimate of drug-likeness (QED) is 0.486. The molecule has 1 saturated heterocycles. The van der Waals surface area contributed by atoms with Crippen LogP contribution in [0.5, 0.6) is 0 Å². The Hall–Kier alpha value is -0.605. The Kier molecular flexibility index (Phi) is 2.51. The summed E-state index contributed by atoms with van der Waals surface area (Å²) >= 11 is 0. The van der Waals surface area contributed by atoms with E-state index in [4.69, 9.17) is 9.31 Å². The summed E-state index contributed by atoms with van der Waals surface area (Å²) in [5.41, 5.74) is 0.485. The first-order valence-corrected chi connectivity index (χ1v) is 5.46.